The van der Waals surface area contributed by atoms with Crippen molar-refractivity contribution in [3.05, 3.63) is 47.4 Å². The maximum Gasteiger partial charge on any atom is 0.260 e. The van der Waals surface area contributed by atoms with E-state index in [-0.39, 0.29) is 18.5 Å². The Hall–Kier alpha value is -3.33. The Labute approximate surface area is 188 Å². The third-order valence-corrected chi connectivity index (χ3v) is 5.76. The van der Waals surface area contributed by atoms with Crippen molar-refractivity contribution in [3.8, 4) is 11.5 Å². The molecule has 4 heterocycles. The minimum Gasteiger partial charge on any atom is -0.354 e. The number of hydrogen-bond acceptors (Lipinski definition) is 7. The average Bonchev–Trinajstić information content (AvgIpc) is 3.39. The summed E-state index contributed by atoms with van der Waals surface area (Å²) in [5.74, 6) is 1.97. The van der Waals surface area contributed by atoms with Crippen LogP contribution in [-0.2, 0) is 19.6 Å². The van der Waals surface area contributed by atoms with Crippen molar-refractivity contribution in [3.63, 3.8) is 0 Å². The van der Waals surface area contributed by atoms with Crippen LogP contribution < -0.4 is 15.5 Å². The fraction of sp³-hybridized carbons (Fsp3) is 0.435. The lowest BCUT2D eigenvalue weighted by molar-refractivity contribution is 0.0996. The normalized spacial score (nSPS) is 13.2. The minimum atomic E-state index is -0.0853. The van der Waals surface area contributed by atoms with Gasteiger partial charge in [0.25, 0.3) is 5.91 Å². The molecule has 0 bridgehead atoms. The molecule has 9 heteroatoms. The zero-order valence-electron chi connectivity index (χ0n) is 19.1. The number of hydrogen-bond donors (Lipinski definition) is 1. The number of amides is 1. The highest BCUT2D eigenvalue weighted by Crippen LogP contribution is 2.32. The molecular formula is C23H30N8O. The summed E-state index contributed by atoms with van der Waals surface area (Å²) in [7, 11) is 0. The van der Waals surface area contributed by atoms with Gasteiger partial charge in [-0.1, -0.05) is 13.0 Å². The molecule has 9 nitrogen and oxygen atoms in total. The molecule has 2 N–H and O–H groups in total. The lowest BCUT2D eigenvalue weighted by Crippen LogP contribution is -2.31. The number of fused-ring (bicyclic) bond motifs is 1. The number of rotatable bonds is 8. The molecule has 0 fully saturated rings. The summed E-state index contributed by atoms with van der Waals surface area (Å²) < 4.78 is 1.97. The first-order chi connectivity index (χ1) is 15.5. The van der Waals surface area contributed by atoms with E-state index in [9.17, 15) is 4.79 Å². The SMILES string of the molecule is CCCn1cnnc1-c1cccc(N2Cc3c(cc(N(CC)C(C)C)nc3CN)C2=O)n1. The number of carbonyl (C=O) groups is 1. The lowest BCUT2D eigenvalue weighted by atomic mass is 10.1. The molecule has 0 saturated carbocycles. The lowest BCUT2D eigenvalue weighted by Gasteiger charge is -2.27. The van der Waals surface area contributed by atoms with Gasteiger partial charge in [0.2, 0.25) is 0 Å². The van der Waals surface area contributed by atoms with E-state index in [0.29, 0.717) is 29.4 Å². The molecule has 3 aromatic rings. The van der Waals surface area contributed by atoms with Crippen LogP contribution in [0.25, 0.3) is 11.5 Å². The Balaban J connectivity index is 1.71. The molecule has 0 radical (unpaired) electrons. The van der Waals surface area contributed by atoms with E-state index in [1.54, 1.807) is 11.2 Å². The van der Waals surface area contributed by atoms with Crippen LogP contribution in [0.15, 0.2) is 30.6 Å². The summed E-state index contributed by atoms with van der Waals surface area (Å²) in [6, 6.07) is 7.78. The molecule has 0 aliphatic carbocycles. The van der Waals surface area contributed by atoms with Crippen LogP contribution in [-0.4, -0.2) is 43.2 Å². The molecule has 1 aliphatic heterocycles. The first-order valence-electron chi connectivity index (χ1n) is 11.1. The topological polar surface area (TPSA) is 106 Å². The zero-order valence-corrected chi connectivity index (χ0v) is 19.1. The highest BCUT2D eigenvalue weighted by molar-refractivity contribution is 6.10. The second-order valence-electron chi connectivity index (χ2n) is 8.16. The number of aromatic nitrogens is 5. The van der Waals surface area contributed by atoms with Crippen LogP contribution in [0.2, 0.25) is 0 Å². The Morgan fingerprint density at radius 2 is 2.03 bits per heavy atom. The van der Waals surface area contributed by atoms with Crippen molar-refractivity contribution < 1.29 is 4.79 Å². The second kappa shape index (κ2) is 9.04. The molecule has 1 aliphatic rings. The van der Waals surface area contributed by atoms with E-state index in [1.165, 1.54) is 0 Å². The van der Waals surface area contributed by atoms with Gasteiger partial charge in [-0.25, -0.2) is 9.97 Å². The number of aryl methyl sites for hydroxylation is 1. The number of nitrogens with zero attached hydrogens (tertiary/aromatic N) is 7. The van der Waals surface area contributed by atoms with Crippen molar-refractivity contribution in [1.29, 1.82) is 0 Å². The molecule has 3 aromatic heterocycles. The van der Waals surface area contributed by atoms with E-state index in [1.807, 2.05) is 28.8 Å². The van der Waals surface area contributed by atoms with E-state index in [0.717, 1.165) is 36.6 Å². The van der Waals surface area contributed by atoms with Gasteiger partial charge in [-0.05, 0) is 45.4 Å². The summed E-state index contributed by atoms with van der Waals surface area (Å²) in [4.78, 5) is 26.8. The maximum absolute atomic E-state index is 13.4. The van der Waals surface area contributed by atoms with Crippen molar-refractivity contribution in [1.82, 2.24) is 24.7 Å². The van der Waals surface area contributed by atoms with Crippen LogP contribution >= 0.6 is 0 Å². The molecule has 0 aromatic carbocycles. The fourth-order valence-electron chi connectivity index (χ4n) is 4.20. The molecule has 0 unspecified atom stereocenters. The van der Waals surface area contributed by atoms with Crippen molar-refractivity contribution in [2.75, 3.05) is 16.3 Å². The molecular weight excluding hydrogens is 404 g/mol. The van der Waals surface area contributed by atoms with Crippen LogP contribution in [0.5, 0.6) is 0 Å². The van der Waals surface area contributed by atoms with Gasteiger partial charge < -0.3 is 15.2 Å². The van der Waals surface area contributed by atoms with E-state index in [4.69, 9.17) is 15.7 Å². The van der Waals surface area contributed by atoms with Gasteiger partial charge in [-0.15, -0.1) is 10.2 Å². The fourth-order valence-corrected chi connectivity index (χ4v) is 4.20. The maximum atomic E-state index is 13.4. The first-order valence-corrected chi connectivity index (χ1v) is 11.1. The first kappa shape index (κ1) is 21.9. The predicted octanol–water partition coefficient (Wildman–Crippen LogP) is 3.00. The largest absolute Gasteiger partial charge is 0.354 e. The Bertz CT molecular complexity index is 1120. The van der Waals surface area contributed by atoms with Crippen molar-refractivity contribution >= 4 is 17.5 Å². The number of carbonyl (C=O) groups excluding carboxylic acids is 1. The Morgan fingerprint density at radius 3 is 2.72 bits per heavy atom. The number of anilines is 2. The van der Waals surface area contributed by atoms with E-state index < -0.39 is 0 Å². The molecule has 168 valence electrons. The minimum absolute atomic E-state index is 0.0853. The van der Waals surface area contributed by atoms with E-state index in [2.05, 4.69) is 42.8 Å². The van der Waals surface area contributed by atoms with Gasteiger partial charge in [0, 0.05) is 31.2 Å². The van der Waals surface area contributed by atoms with Crippen LogP contribution in [0.4, 0.5) is 11.6 Å². The predicted molar refractivity (Wildman–Crippen MR) is 124 cm³/mol. The van der Waals surface area contributed by atoms with Gasteiger partial charge in [0.1, 0.15) is 23.7 Å². The highest BCUT2D eigenvalue weighted by atomic mass is 16.2. The molecule has 32 heavy (non-hydrogen) atoms. The molecule has 1 amide bonds. The summed E-state index contributed by atoms with van der Waals surface area (Å²) in [6.45, 7) is 10.7. The smallest absolute Gasteiger partial charge is 0.260 e. The second-order valence-corrected chi connectivity index (χ2v) is 8.16. The standard InChI is InChI=1S/C23H30N8O/c1-5-10-29-14-25-28-22(29)18-8-7-9-20(26-18)31-13-17-16(23(31)32)11-21(27-19(17)12-24)30(6-2)15(3)4/h7-9,11,14-15H,5-6,10,12-13,24H2,1-4H3. The van der Waals surface area contributed by atoms with Crippen LogP contribution in [0, 0.1) is 0 Å². The number of nitrogens with two attached hydrogens (primary N) is 1. The van der Waals surface area contributed by atoms with Crippen molar-refractivity contribution in [2.45, 2.75) is 59.8 Å². The Kier molecular flexibility index (Phi) is 6.18. The van der Waals surface area contributed by atoms with E-state index >= 15 is 0 Å². The Morgan fingerprint density at radius 1 is 1.22 bits per heavy atom. The van der Waals surface area contributed by atoms with Crippen molar-refractivity contribution in [2.24, 2.45) is 5.73 Å². The highest BCUT2D eigenvalue weighted by Gasteiger charge is 2.33. The van der Waals surface area contributed by atoms with Crippen LogP contribution in [0.1, 0.15) is 55.7 Å². The van der Waals surface area contributed by atoms with Crippen LogP contribution in [0.3, 0.4) is 0 Å². The quantitative estimate of drug-likeness (QED) is 0.581. The monoisotopic (exact) mass is 434 g/mol. The summed E-state index contributed by atoms with van der Waals surface area (Å²) in [5.41, 5.74) is 9.00. The van der Waals surface area contributed by atoms with Gasteiger partial charge in [0.15, 0.2) is 5.82 Å². The molecule has 0 saturated heterocycles. The van der Waals surface area contributed by atoms with Gasteiger partial charge in [0.05, 0.1) is 17.8 Å². The number of pyridine rings is 2. The molecule has 0 spiro atoms. The zero-order chi connectivity index (χ0) is 22.8. The average molecular weight is 435 g/mol. The summed E-state index contributed by atoms with van der Waals surface area (Å²) in [6.07, 6.45) is 2.67. The summed E-state index contributed by atoms with van der Waals surface area (Å²) >= 11 is 0. The molecule has 4 rings (SSSR count). The van der Waals surface area contributed by atoms with Gasteiger partial charge in [-0.3, -0.25) is 9.69 Å². The van der Waals surface area contributed by atoms with Gasteiger partial charge >= 0.3 is 0 Å². The third-order valence-electron chi connectivity index (χ3n) is 5.76. The molecule has 0 atom stereocenters. The van der Waals surface area contributed by atoms with Gasteiger partial charge in [-0.2, -0.15) is 0 Å². The summed E-state index contributed by atoms with van der Waals surface area (Å²) in [5, 5.41) is 8.26. The third kappa shape index (κ3) is 3.84.